The van der Waals surface area contributed by atoms with Crippen molar-refractivity contribution in [2.45, 2.75) is 10.2 Å². The van der Waals surface area contributed by atoms with Crippen LogP contribution in [0.5, 0.6) is 0 Å². The fourth-order valence-electron chi connectivity index (χ4n) is 1.73. The lowest BCUT2D eigenvalue weighted by Gasteiger charge is -2.05. The number of hydrogen-bond acceptors (Lipinski definition) is 7. The number of nitrogen functional groups attached to an aromatic ring is 2. The Morgan fingerprint density at radius 2 is 2.00 bits per heavy atom. The molecule has 5 N–H and O–H groups in total. The lowest BCUT2D eigenvalue weighted by atomic mass is 10.2. The highest BCUT2D eigenvalue weighted by molar-refractivity contribution is 7.99. The summed E-state index contributed by atoms with van der Waals surface area (Å²) in [5.41, 5.74) is 12.4. The van der Waals surface area contributed by atoms with Gasteiger partial charge in [0.05, 0.1) is 5.52 Å². The number of anilines is 2. The van der Waals surface area contributed by atoms with Crippen LogP contribution in [0.3, 0.4) is 0 Å². The van der Waals surface area contributed by atoms with E-state index in [4.69, 9.17) is 11.5 Å². The van der Waals surface area contributed by atoms with Gasteiger partial charge in [-0.3, -0.25) is 4.79 Å². The number of nitrogens with zero attached hydrogens (tertiary/aromatic N) is 3. The van der Waals surface area contributed by atoms with Crippen LogP contribution in [-0.4, -0.2) is 19.9 Å². The second-order valence-electron chi connectivity index (χ2n) is 4.03. The minimum Gasteiger partial charge on any atom is -0.399 e. The Bertz CT molecular complexity index is 847. The number of rotatable bonds is 2. The third-order valence-electron chi connectivity index (χ3n) is 2.56. The highest BCUT2D eigenvalue weighted by Gasteiger charge is 2.08. The van der Waals surface area contributed by atoms with E-state index in [1.165, 1.54) is 24.2 Å². The second-order valence-corrected chi connectivity index (χ2v) is 5.01. The molecule has 1 aromatic carbocycles. The van der Waals surface area contributed by atoms with Crippen molar-refractivity contribution in [3.05, 3.63) is 40.9 Å². The van der Waals surface area contributed by atoms with Gasteiger partial charge in [0.2, 0.25) is 0 Å². The molecule has 0 fully saturated rings. The maximum atomic E-state index is 11.4. The third kappa shape index (κ3) is 2.41. The summed E-state index contributed by atoms with van der Waals surface area (Å²) in [7, 11) is 0. The standard InChI is InChI=1S/C12H10N6OS/c13-6-1-2-8-7(3-6)11(16-5-15-8)20-12-17-9(14)4-10(19)18-12/h1-5H,13H2,(H3,14,17,18,19). The van der Waals surface area contributed by atoms with Gasteiger partial charge >= 0.3 is 0 Å². The van der Waals surface area contributed by atoms with Crippen LogP contribution in [-0.2, 0) is 0 Å². The molecule has 0 atom stereocenters. The van der Waals surface area contributed by atoms with E-state index < -0.39 is 0 Å². The largest absolute Gasteiger partial charge is 0.399 e. The molecule has 0 aliphatic rings. The summed E-state index contributed by atoms with van der Waals surface area (Å²) < 4.78 is 0. The van der Waals surface area contributed by atoms with Crippen LogP contribution in [0.1, 0.15) is 0 Å². The van der Waals surface area contributed by atoms with E-state index in [2.05, 4.69) is 19.9 Å². The summed E-state index contributed by atoms with van der Waals surface area (Å²) in [5, 5.41) is 1.82. The van der Waals surface area contributed by atoms with E-state index in [1.54, 1.807) is 12.1 Å². The quantitative estimate of drug-likeness (QED) is 0.365. The van der Waals surface area contributed by atoms with Crippen LogP contribution in [0.15, 0.2) is 45.6 Å². The molecule has 0 aliphatic heterocycles. The maximum absolute atomic E-state index is 11.4. The first-order chi connectivity index (χ1) is 9.61. The number of aromatic amines is 1. The minimum atomic E-state index is -0.308. The van der Waals surface area contributed by atoms with Crippen LogP contribution in [0.4, 0.5) is 11.5 Å². The van der Waals surface area contributed by atoms with E-state index in [9.17, 15) is 4.79 Å². The van der Waals surface area contributed by atoms with E-state index in [-0.39, 0.29) is 11.4 Å². The predicted molar refractivity (Wildman–Crippen MR) is 77.3 cm³/mol. The van der Waals surface area contributed by atoms with Gasteiger partial charge in [0.15, 0.2) is 5.16 Å². The average molecular weight is 286 g/mol. The first kappa shape index (κ1) is 12.4. The predicted octanol–water partition coefficient (Wildman–Crippen LogP) is 1.03. The molecule has 8 heteroatoms. The summed E-state index contributed by atoms with van der Waals surface area (Å²) in [6, 6.07) is 6.58. The van der Waals surface area contributed by atoms with Gasteiger partial charge in [-0.2, -0.15) is 0 Å². The van der Waals surface area contributed by atoms with E-state index in [0.717, 1.165) is 10.9 Å². The second kappa shape index (κ2) is 4.82. The van der Waals surface area contributed by atoms with Gasteiger partial charge in [0, 0.05) is 17.1 Å². The van der Waals surface area contributed by atoms with Crippen molar-refractivity contribution in [3.63, 3.8) is 0 Å². The topological polar surface area (TPSA) is 124 Å². The van der Waals surface area contributed by atoms with Crippen molar-refractivity contribution in [2.24, 2.45) is 0 Å². The SMILES string of the molecule is Nc1ccc2ncnc(Sc3nc(N)cc(=O)[nH]3)c2c1. The molecule has 2 heterocycles. The molecule has 0 amide bonds. The summed E-state index contributed by atoms with van der Waals surface area (Å²) >= 11 is 1.20. The van der Waals surface area contributed by atoms with Gasteiger partial charge in [-0.25, -0.2) is 15.0 Å². The Morgan fingerprint density at radius 1 is 1.15 bits per heavy atom. The number of hydrogen-bond donors (Lipinski definition) is 3. The highest BCUT2D eigenvalue weighted by Crippen LogP contribution is 2.29. The van der Waals surface area contributed by atoms with Gasteiger partial charge < -0.3 is 16.5 Å². The van der Waals surface area contributed by atoms with Gasteiger partial charge in [-0.15, -0.1) is 0 Å². The van der Waals surface area contributed by atoms with E-state index in [1.807, 2.05) is 6.07 Å². The monoisotopic (exact) mass is 286 g/mol. The molecule has 3 aromatic rings. The van der Waals surface area contributed by atoms with Gasteiger partial charge in [0.25, 0.3) is 5.56 Å². The molecule has 3 rings (SSSR count). The van der Waals surface area contributed by atoms with Crippen LogP contribution >= 0.6 is 11.8 Å². The van der Waals surface area contributed by atoms with Crippen LogP contribution in [0, 0.1) is 0 Å². The van der Waals surface area contributed by atoms with Crippen molar-refractivity contribution >= 4 is 34.2 Å². The summed E-state index contributed by atoms with van der Waals surface area (Å²) in [6.07, 6.45) is 1.45. The van der Waals surface area contributed by atoms with Crippen LogP contribution < -0.4 is 17.0 Å². The smallest absolute Gasteiger partial charge is 0.253 e. The molecule has 100 valence electrons. The third-order valence-corrected chi connectivity index (χ3v) is 3.46. The summed E-state index contributed by atoms with van der Waals surface area (Å²) in [6.45, 7) is 0. The van der Waals surface area contributed by atoms with Crippen molar-refractivity contribution in [1.82, 2.24) is 19.9 Å². The molecular weight excluding hydrogens is 276 g/mol. The first-order valence-electron chi connectivity index (χ1n) is 5.67. The number of aromatic nitrogens is 4. The summed E-state index contributed by atoms with van der Waals surface area (Å²) in [4.78, 5) is 26.4. The van der Waals surface area contributed by atoms with Gasteiger partial charge in [-0.1, -0.05) is 0 Å². The zero-order valence-electron chi connectivity index (χ0n) is 10.2. The van der Waals surface area contributed by atoms with Crippen molar-refractivity contribution in [1.29, 1.82) is 0 Å². The first-order valence-corrected chi connectivity index (χ1v) is 6.48. The summed E-state index contributed by atoms with van der Waals surface area (Å²) in [5.74, 6) is 0.161. The molecule has 0 bridgehead atoms. The zero-order chi connectivity index (χ0) is 14.1. The molecule has 0 radical (unpaired) electrons. The zero-order valence-corrected chi connectivity index (χ0v) is 11.0. The Labute approximate surface area is 117 Å². The molecule has 2 aromatic heterocycles. The van der Waals surface area contributed by atoms with Gasteiger partial charge in [0.1, 0.15) is 17.2 Å². The number of benzene rings is 1. The Kier molecular flexibility index (Phi) is 2.99. The molecule has 7 nitrogen and oxygen atoms in total. The van der Waals surface area contributed by atoms with Crippen molar-refractivity contribution < 1.29 is 0 Å². The number of H-pyrrole nitrogens is 1. The Balaban J connectivity index is 2.10. The molecule has 0 spiro atoms. The van der Waals surface area contributed by atoms with Crippen molar-refractivity contribution in [3.8, 4) is 0 Å². The lowest BCUT2D eigenvalue weighted by molar-refractivity contribution is 0.940. The maximum Gasteiger partial charge on any atom is 0.253 e. The fourth-order valence-corrected chi connectivity index (χ4v) is 2.58. The highest BCUT2D eigenvalue weighted by atomic mass is 32.2. The molecule has 0 unspecified atom stereocenters. The number of fused-ring (bicyclic) bond motifs is 1. The molecular formula is C12H10N6OS. The number of nitrogens with one attached hydrogen (secondary N) is 1. The Morgan fingerprint density at radius 3 is 2.80 bits per heavy atom. The van der Waals surface area contributed by atoms with Crippen LogP contribution in [0.2, 0.25) is 0 Å². The van der Waals surface area contributed by atoms with Gasteiger partial charge in [-0.05, 0) is 30.0 Å². The molecule has 0 aliphatic carbocycles. The molecule has 0 saturated heterocycles. The van der Waals surface area contributed by atoms with E-state index >= 15 is 0 Å². The van der Waals surface area contributed by atoms with Crippen molar-refractivity contribution in [2.75, 3.05) is 11.5 Å². The minimum absolute atomic E-state index is 0.161. The molecule has 20 heavy (non-hydrogen) atoms. The Hall–Kier alpha value is -2.61. The van der Waals surface area contributed by atoms with E-state index in [0.29, 0.717) is 15.9 Å². The average Bonchev–Trinajstić information content (AvgIpc) is 2.38. The molecule has 0 saturated carbocycles. The van der Waals surface area contributed by atoms with Crippen LogP contribution in [0.25, 0.3) is 10.9 Å². The lowest BCUT2D eigenvalue weighted by Crippen LogP contribution is -2.09. The normalized spacial score (nSPS) is 10.8. The fraction of sp³-hybridized carbons (Fsp3) is 0. The number of nitrogens with two attached hydrogens (primary N) is 2.